The molecule has 0 spiro atoms. The van der Waals surface area contributed by atoms with Crippen LogP contribution < -0.4 is 11.1 Å². The molecule has 3 N–H and O–H groups in total. The summed E-state index contributed by atoms with van der Waals surface area (Å²) < 4.78 is 0. The van der Waals surface area contributed by atoms with E-state index in [4.69, 9.17) is 5.73 Å². The zero-order chi connectivity index (χ0) is 15.9. The van der Waals surface area contributed by atoms with Crippen LogP contribution in [-0.2, 0) is 4.79 Å². The fourth-order valence-corrected chi connectivity index (χ4v) is 2.57. The number of nitro benzene ring substituents is 1. The molecule has 1 saturated heterocycles. The minimum atomic E-state index is -0.425. The number of hydrogen-bond donors (Lipinski definition) is 2. The van der Waals surface area contributed by atoms with Crippen molar-refractivity contribution in [3.63, 3.8) is 0 Å². The largest absolute Gasteiger partial charge is 0.385 e. The van der Waals surface area contributed by atoms with E-state index in [1.54, 1.807) is 12.1 Å². The average molecular weight is 343 g/mol. The SMILES string of the molecule is Cl.NC1CCCN(C(=O)CCCNc2ccc([N+](=O)[O-])cc2)C1. The van der Waals surface area contributed by atoms with Crippen molar-refractivity contribution >= 4 is 29.7 Å². The van der Waals surface area contributed by atoms with Crippen molar-refractivity contribution in [1.29, 1.82) is 0 Å². The molecule has 2 rings (SSSR count). The molecule has 1 unspecified atom stereocenters. The van der Waals surface area contributed by atoms with Gasteiger partial charge in [-0.2, -0.15) is 0 Å². The minimum absolute atomic E-state index is 0. The van der Waals surface area contributed by atoms with Gasteiger partial charge in [-0.05, 0) is 31.4 Å². The van der Waals surface area contributed by atoms with E-state index < -0.39 is 4.92 Å². The van der Waals surface area contributed by atoms with Gasteiger partial charge in [0.2, 0.25) is 5.91 Å². The van der Waals surface area contributed by atoms with Gasteiger partial charge in [0.25, 0.3) is 5.69 Å². The number of rotatable bonds is 6. The number of nitro groups is 1. The van der Waals surface area contributed by atoms with E-state index in [0.29, 0.717) is 19.5 Å². The molecule has 1 aliphatic rings. The molecule has 0 bridgehead atoms. The molecule has 1 amide bonds. The number of nitrogens with two attached hydrogens (primary N) is 1. The molecule has 1 aromatic carbocycles. The number of carbonyl (C=O) groups excluding carboxylic acids is 1. The predicted molar refractivity (Wildman–Crippen MR) is 91.9 cm³/mol. The van der Waals surface area contributed by atoms with Crippen LogP contribution in [0.4, 0.5) is 11.4 Å². The van der Waals surface area contributed by atoms with E-state index in [2.05, 4.69) is 5.32 Å². The molecule has 1 aliphatic heterocycles. The molecule has 128 valence electrons. The summed E-state index contributed by atoms with van der Waals surface area (Å²) in [5.74, 6) is 0.153. The maximum atomic E-state index is 12.0. The van der Waals surface area contributed by atoms with Gasteiger partial charge in [-0.25, -0.2) is 0 Å². The quantitative estimate of drug-likeness (QED) is 0.468. The van der Waals surface area contributed by atoms with Crippen molar-refractivity contribution in [3.05, 3.63) is 34.4 Å². The Kier molecular flexibility index (Phi) is 7.77. The lowest BCUT2D eigenvalue weighted by molar-refractivity contribution is -0.384. The van der Waals surface area contributed by atoms with Gasteiger partial charge < -0.3 is 16.0 Å². The first-order valence-corrected chi connectivity index (χ1v) is 7.58. The van der Waals surface area contributed by atoms with Gasteiger partial charge >= 0.3 is 0 Å². The first-order chi connectivity index (χ1) is 10.6. The Morgan fingerprint density at radius 2 is 2.09 bits per heavy atom. The van der Waals surface area contributed by atoms with E-state index in [1.807, 2.05) is 4.90 Å². The van der Waals surface area contributed by atoms with Gasteiger partial charge in [-0.3, -0.25) is 14.9 Å². The molecule has 1 atom stereocenters. The highest BCUT2D eigenvalue weighted by Gasteiger charge is 2.20. The summed E-state index contributed by atoms with van der Waals surface area (Å²) in [7, 11) is 0. The molecule has 1 fully saturated rings. The Hall–Kier alpha value is -1.86. The van der Waals surface area contributed by atoms with Crippen molar-refractivity contribution in [2.24, 2.45) is 5.73 Å². The number of anilines is 1. The zero-order valence-electron chi connectivity index (χ0n) is 12.9. The third-order valence-electron chi connectivity index (χ3n) is 3.79. The summed E-state index contributed by atoms with van der Waals surface area (Å²) in [5, 5.41) is 13.7. The molecule has 1 heterocycles. The smallest absolute Gasteiger partial charge is 0.269 e. The number of amides is 1. The van der Waals surface area contributed by atoms with E-state index in [1.165, 1.54) is 12.1 Å². The number of hydrogen-bond acceptors (Lipinski definition) is 5. The first kappa shape index (κ1) is 19.2. The fourth-order valence-electron chi connectivity index (χ4n) is 2.57. The Balaban J connectivity index is 0.00000264. The van der Waals surface area contributed by atoms with E-state index in [0.717, 1.165) is 31.5 Å². The van der Waals surface area contributed by atoms with Crippen LogP contribution in [0.15, 0.2) is 24.3 Å². The second-order valence-corrected chi connectivity index (χ2v) is 5.58. The highest BCUT2D eigenvalue weighted by molar-refractivity contribution is 5.85. The average Bonchev–Trinajstić information content (AvgIpc) is 2.51. The van der Waals surface area contributed by atoms with Crippen molar-refractivity contribution in [3.8, 4) is 0 Å². The van der Waals surface area contributed by atoms with Gasteiger partial charge in [0.1, 0.15) is 0 Å². The maximum Gasteiger partial charge on any atom is 0.269 e. The molecule has 8 heteroatoms. The molecular weight excluding hydrogens is 320 g/mol. The van der Waals surface area contributed by atoms with Gasteiger partial charge in [0.15, 0.2) is 0 Å². The highest BCUT2D eigenvalue weighted by Crippen LogP contribution is 2.15. The van der Waals surface area contributed by atoms with E-state index >= 15 is 0 Å². The number of halogens is 1. The number of benzene rings is 1. The van der Waals surface area contributed by atoms with Crippen LogP contribution in [0.5, 0.6) is 0 Å². The lowest BCUT2D eigenvalue weighted by atomic mass is 10.1. The number of nitrogens with zero attached hydrogens (tertiary/aromatic N) is 2. The van der Waals surface area contributed by atoms with Crippen molar-refractivity contribution < 1.29 is 9.72 Å². The summed E-state index contributed by atoms with van der Waals surface area (Å²) in [6.45, 7) is 2.13. The molecular formula is C15H23ClN4O3. The van der Waals surface area contributed by atoms with Gasteiger partial charge in [-0.15, -0.1) is 12.4 Å². The van der Waals surface area contributed by atoms with E-state index in [-0.39, 0.29) is 30.0 Å². The summed E-state index contributed by atoms with van der Waals surface area (Å²) in [6.07, 6.45) is 3.19. The number of nitrogens with one attached hydrogen (secondary N) is 1. The van der Waals surface area contributed by atoms with Crippen LogP contribution in [0.1, 0.15) is 25.7 Å². The molecule has 7 nitrogen and oxygen atoms in total. The van der Waals surface area contributed by atoms with Gasteiger partial charge in [0.05, 0.1) is 4.92 Å². The standard InChI is InChI=1S/C15H22N4O3.ClH/c16-12-3-2-10-18(11-12)15(20)4-1-9-17-13-5-7-14(8-6-13)19(21)22;/h5-8,12,17H,1-4,9-11,16H2;1H. The highest BCUT2D eigenvalue weighted by atomic mass is 35.5. The summed E-state index contributed by atoms with van der Waals surface area (Å²) in [6, 6.07) is 6.37. The third kappa shape index (κ3) is 6.03. The molecule has 0 radical (unpaired) electrons. The summed E-state index contributed by atoms with van der Waals surface area (Å²) in [4.78, 5) is 24.0. The third-order valence-corrected chi connectivity index (χ3v) is 3.79. The summed E-state index contributed by atoms with van der Waals surface area (Å²) in [5.41, 5.74) is 6.76. The molecule has 0 aliphatic carbocycles. The van der Waals surface area contributed by atoms with Crippen LogP contribution in [0.25, 0.3) is 0 Å². The van der Waals surface area contributed by atoms with Crippen LogP contribution in [-0.4, -0.2) is 41.4 Å². The van der Waals surface area contributed by atoms with Crippen LogP contribution >= 0.6 is 12.4 Å². The predicted octanol–water partition coefficient (Wildman–Crippen LogP) is 2.16. The molecule has 0 aromatic heterocycles. The molecule has 1 aromatic rings. The normalized spacial score (nSPS) is 17.3. The lowest BCUT2D eigenvalue weighted by Crippen LogP contribution is -2.45. The Bertz CT molecular complexity index is 524. The second-order valence-electron chi connectivity index (χ2n) is 5.58. The van der Waals surface area contributed by atoms with Gasteiger partial charge in [-0.1, -0.05) is 0 Å². The van der Waals surface area contributed by atoms with Crippen LogP contribution in [0.2, 0.25) is 0 Å². The maximum absolute atomic E-state index is 12.0. The Labute approximate surface area is 141 Å². The summed E-state index contributed by atoms with van der Waals surface area (Å²) >= 11 is 0. The topological polar surface area (TPSA) is 102 Å². The van der Waals surface area contributed by atoms with Crippen molar-refractivity contribution in [1.82, 2.24) is 4.90 Å². The number of non-ortho nitro benzene ring substituents is 1. The Morgan fingerprint density at radius 3 is 2.70 bits per heavy atom. The Morgan fingerprint density at radius 1 is 1.39 bits per heavy atom. The second kappa shape index (κ2) is 9.32. The number of piperidine rings is 1. The van der Waals surface area contributed by atoms with Crippen molar-refractivity contribution in [2.45, 2.75) is 31.7 Å². The van der Waals surface area contributed by atoms with Crippen LogP contribution in [0.3, 0.4) is 0 Å². The molecule has 0 saturated carbocycles. The number of likely N-dealkylation sites (tertiary alicyclic amines) is 1. The molecule has 23 heavy (non-hydrogen) atoms. The monoisotopic (exact) mass is 342 g/mol. The van der Waals surface area contributed by atoms with Gasteiger partial charge in [0, 0.05) is 49.9 Å². The zero-order valence-corrected chi connectivity index (χ0v) is 13.8. The van der Waals surface area contributed by atoms with Crippen LogP contribution in [0, 0.1) is 10.1 Å². The minimum Gasteiger partial charge on any atom is -0.385 e. The fraction of sp³-hybridized carbons (Fsp3) is 0.533. The lowest BCUT2D eigenvalue weighted by Gasteiger charge is -2.30. The first-order valence-electron chi connectivity index (χ1n) is 7.58. The van der Waals surface area contributed by atoms with E-state index in [9.17, 15) is 14.9 Å². The van der Waals surface area contributed by atoms with Crippen molar-refractivity contribution in [2.75, 3.05) is 25.0 Å². The number of carbonyl (C=O) groups is 1.